The number of rotatable bonds is 4. The van der Waals surface area contributed by atoms with Gasteiger partial charge in [0, 0.05) is 14.1 Å². The van der Waals surface area contributed by atoms with Gasteiger partial charge >= 0.3 is 5.97 Å². The van der Waals surface area contributed by atoms with Crippen molar-refractivity contribution in [1.29, 1.82) is 0 Å². The van der Waals surface area contributed by atoms with E-state index >= 15 is 0 Å². The Morgan fingerprint density at radius 1 is 1.45 bits per heavy atom. The van der Waals surface area contributed by atoms with E-state index in [1.54, 1.807) is 6.07 Å². The number of nitrogens with one attached hydrogen (secondary N) is 1. The van der Waals surface area contributed by atoms with Crippen LogP contribution in [-0.2, 0) is 9.53 Å². The number of nitrogens with zero attached hydrogens (tertiary/aromatic N) is 3. The first kappa shape index (κ1) is 16.0. The molecule has 0 spiro atoms. The number of anilines is 1. The third-order valence-electron chi connectivity index (χ3n) is 2.85. The van der Waals surface area contributed by atoms with E-state index in [-0.39, 0.29) is 5.91 Å². The van der Waals surface area contributed by atoms with Crippen LogP contribution in [-0.4, -0.2) is 50.2 Å². The van der Waals surface area contributed by atoms with Crippen LogP contribution in [0, 0.1) is 0 Å². The fourth-order valence-electron chi connectivity index (χ4n) is 1.82. The molecule has 1 amide bonds. The van der Waals surface area contributed by atoms with Crippen molar-refractivity contribution in [3.8, 4) is 0 Å². The number of ether oxygens (including phenoxy) is 1. The highest BCUT2D eigenvalue weighted by Crippen LogP contribution is 2.20. The fourth-order valence-corrected chi connectivity index (χ4v) is 2.46. The molecule has 0 unspecified atom stereocenters. The smallest absolute Gasteiger partial charge is 0.339 e. The maximum Gasteiger partial charge on any atom is 0.339 e. The van der Waals surface area contributed by atoms with Gasteiger partial charge in [0.15, 0.2) is 5.17 Å². The van der Waals surface area contributed by atoms with Crippen LogP contribution < -0.4 is 10.2 Å². The Kier molecular flexibility index (Phi) is 5.16. The molecule has 1 aliphatic heterocycles. The minimum absolute atomic E-state index is 0.0812. The molecular formula is C14H16N4O3S. The van der Waals surface area contributed by atoms with Crippen molar-refractivity contribution in [1.82, 2.24) is 5.32 Å². The van der Waals surface area contributed by atoms with Crippen molar-refractivity contribution < 1.29 is 14.3 Å². The van der Waals surface area contributed by atoms with E-state index in [2.05, 4.69) is 15.5 Å². The van der Waals surface area contributed by atoms with Crippen molar-refractivity contribution in [2.24, 2.45) is 10.2 Å². The molecule has 0 aromatic heterocycles. The van der Waals surface area contributed by atoms with E-state index in [4.69, 9.17) is 4.74 Å². The lowest BCUT2D eigenvalue weighted by Crippen LogP contribution is -2.19. The highest BCUT2D eigenvalue weighted by Gasteiger charge is 2.16. The fraction of sp³-hybridized carbons (Fsp3) is 0.286. The average Bonchev–Trinajstić information content (AvgIpc) is 2.91. The third kappa shape index (κ3) is 3.85. The molecule has 1 fully saturated rings. The number of amides is 1. The van der Waals surface area contributed by atoms with E-state index in [1.807, 2.05) is 31.1 Å². The molecular weight excluding hydrogens is 304 g/mol. The number of thioether (sulfide) groups is 1. The normalized spacial score (nSPS) is 16.1. The summed E-state index contributed by atoms with van der Waals surface area (Å²) in [4.78, 5) is 24.7. The Bertz CT molecular complexity index is 655. The van der Waals surface area contributed by atoms with Gasteiger partial charge in [0.1, 0.15) is 0 Å². The summed E-state index contributed by atoms with van der Waals surface area (Å²) < 4.78 is 4.79. The second-order valence-corrected chi connectivity index (χ2v) is 5.61. The van der Waals surface area contributed by atoms with Gasteiger partial charge in [0.2, 0.25) is 5.91 Å². The van der Waals surface area contributed by atoms with Crippen molar-refractivity contribution >= 4 is 40.7 Å². The first-order valence-corrected chi connectivity index (χ1v) is 7.43. The van der Waals surface area contributed by atoms with Crippen molar-refractivity contribution in [2.45, 2.75) is 0 Å². The Labute approximate surface area is 132 Å². The van der Waals surface area contributed by atoms with Crippen LogP contribution in [0.25, 0.3) is 0 Å². The molecule has 0 radical (unpaired) electrons. The summed E-state index contributed by atoms with van der Waals surface area (Å²) in [6.45, 7) is 0. The molecule has 7 nitrogen and oxygen atoms in total. The predicted molar refractivity (Wildman–Crippen MR) is 87.7 cm³/mol. The number of methoxy groups -OCH3 is 1. The minimum atomic E-state index is -0.413. The molecule has 22 heavy (non-hydrogen) atoms. The van der Waals surface area contributed by atoms with Gasteiger partial charge in [-0.3, -0.25) is 4.79 Å². The van der Waals surface area contributed by atoms with Gasteiger partial charge in [-0.25, -0.2) is 4.79 Å². The van der Waals surface area contributed by atoms with Gasteiger partial charge in [0.25, 0.3) is 0 Å². The quantitative estimate of drug-likeness (QED) is 0.510. The zero-order valence-electron chi connectivity index (χ0n) is 12.5. The molecule has 2 rings (SSSR count). The Balaban J connectivity index is 2.21. The molecule has 1 aromatic carbocycles. The first-order chi connectivity index (χ1) is 10.5. The summed E-state index contributed by atoms with van der Waals surface area (Å²) in [5, 5.41) is 10.9. The van der Waals surface area contributed by atoms with Crippen LogP contribution >= 0.6 is 11.8 Å². The monoisotopic (exact) mass is 320 g/mol. The van der Waals surface area contributed by atoms with Crippen molar-refractivity contribution in [3.05, 3.63) is 29.3 Å². The van der Waals surface area contributed by atoms with Crippen molar-refractivity contribution in [2.75, 3.05) is 31.9 Å². The number of carbonyl (C=O) groups is 2. The maximum absolute atomic E-state index is 11.8. The number of carbonyl (C=O) groups excluding carboxylic acids is 2. The minimum Gasteiger partial charge on any atom is -0.465 e. The highest BCUT2D eigenvalue weighted by atomic mass is 32.2. The molecule has 0 bridgehead atoms. The molecule has 1 saturated heterocycles. The molecule has 8 heteroatoms. The SMILES string of the molecule is COC(=O)c1cc(C=NN=C2NC(=O)CS2)ccc1N(C)C. The standard InChI is InChI=1S/C14H16N4O3S/c1-18(2)11-5-4-9(6-10(11)13(20)21-3)7-15-17-14-16-12(19)8-22-14/h4-7H,8H2,1-3H3,(H,16,17,19). The topological polar surface area (TPSA) is 83.4 Å². The number of hydrogen-bond donors (Lipinski definition) is 1. The summed E-state index contributed by atoms with van der Waals surface area (Å²) in [5.74, 6) is -0.135. The summed E-state index contributed by atoms with van der Waals surface area (Å²) in [6, 6.07) is 5.32. The molecule has 1 heterocycles. The van der Waals surface area contributed by atoms with Crippen LogP contribution in [0.2, 0.25) is 0 Å². The van der Waals surface area contributed by atoms with Gasteiger partial charge < -0.3 is 15.0 Å². The molecule has 1 N–H and O–H groups in total. The van der Waals surface area contributed by atoms with E-state index in [9.17, 15) is 9.59 Å². The molecule has 1 aliphatic rings. The van der Waals surface area contributed by atoms with Crippen molar-refractivity contribution in [3.63, 3.8) is 0 Å². The number of esters is 1. The van der Waals surface area contributed by atoms with Gasteiger partial charge in [-0.2, -0.15) is 5.10 Å². The summed E-state index contributed by atoms with van der Waals surface area (Å²) in [7, 11) is 5.04. The largest absolute Gasteiger partial charge is 0.465 e. The molecule has 116 valence electrons. The summed E-state index contributed by atoms with van der Waals surface area (Å²) >= 11 is 1.30. The summed E-state index contributed by atoms with van der Waals surface area (Å²) in [5.41, 5.74) is 1.92. The van der Waals surface area contributed by atoms with Gasteiger partial charge in [-0.1, -0.05) is 17.8 Å². The second-order valence-electron chi connectivity index (χ2n) is 4.65. The van der Waals surface area contributed by atoms with Crippen LogP contribution in [0.3, 0.4) is 0 Å². The Morgan fingerprint density at radius 3 is 2.82 bits per heavy atom. The first-order valence-electron chi connectivity index (χ1n) is 6.44. The second kappa shape index (κ2) is 7.08. The summed E-state index contributed by atoms with van der Waals surface area (Å²) in [6.07, 6.45) is 1.52. The third-order valence-corrected chi connectivity index (χ3v) is 3.71. The molecule has 0 saturated carbocycles. The lowest BCUT2D eigenvalue weighted by molar-refractivity contribution is -0.116. The predicted octanol–water partition coefficient (Wildman–Crippen LogP) is 1.09. The van der Waals surface area contributed by atoms with Gasteiger partial charge in [-0.05, 0) is 17.7 Å². The lowest BCUT2D eigenvalue weighted by atomic mass is 10.1. The van der Waals surface area contributed by atoms with Crippen LogP contribution in [0.4, 0.5) is 5.69 Å². The van der Waals surface area contributed by atoms with Gasteiger partial charge in [-0.15, -0.1) is 5.10 Å². The highest BCUT2D eigenvalue weighted by molar-refractivity contribution is 8.15. The zero-order chi connectivity index (χ0) is 16.1. The van der Waals surface area contributed by atoms with Gasteiger partial charge in [0.05, 0.1) is 30.3 Å². The maximum atomic E-state index is 11.8. The Hall–Kier alpha value is -2.35. The van der Waals surface area contributed by atoms with E-state index in [0.29, 0.717) is 22.0 Å². The molecule has 0 aliphatic carbocycles. The van der Waals surface area contributed by atoms with Crippen LogP contribution in [0.1, 0.15) is 15.9 Å². The Morgan fingerprint density at radius 2 is 2.23 bits per heavy atom. The lowest BCUT2D eigenvalue weighted by Gasteiger charge is -2.16. The number of hydrogen-bond acceptors (Lipinski definition) is 7. The van der Waals surface area contributed by atoms with E-state index in [1.165, 1.54) is 25.1 Å². The van der Waals surface area contributed by atoms with E-state index < -0.39 is 5.97 Å². The molecule has 0 atom stereocenters. The molecule has 1 aromatic rings. The van der Waals surface area contributed by atoms with E-state index in [0.717, 1.165) is 5.69 Å². The van der Waals surface area contributed by atoms with Crippen LogP contribution in [0.15, 0.2) is 28.4 Å². The average molecular weight is 320 g/mol. The number of benzene rings is 1. The van der Waals surface area contributed by atoms with Crippen LogP contribution in [0.5, 0.6) is 0 Å². The number of amidine groups is 1. The zero-order valence-corrected chi connectivity index (χ0v) is 13.3.